The van der Waals surface area contributed by atoms with Crippen molar-refractivity contribution in [1.82, 2.24) is 0 Å². The lowest BCUT2D eigenvalue weighted by Gasteiger charge is -2.16. The SMILES string of the molecule is C=C(C)COc1cc(C)c(OCC(=C)C)c2ccccc12. The fourth-order valence-electron chi connectivity index (χ4n) is 2.16. The summed E-state index contributed by atoms with van der Waals surface area (Å²) in [5.41, 5.74) is 3.06. The number of ether oxygens (including phenoxy) is 2. The zero-order chi connectivity index (χ0) is 15.4. The molecule has 0 saturated carbocycles. The third kappa shape index (κ3) is 3.66. The summed E-state index contributed by atoms with van der Waals surface area (Å²) < 4.78 is 11.8. The molecule has 110 valence electrons. The number of hydrogen-bond acceptors (Lipinski definition) is 2. The van der Waals surface area contributed by atoms with Gasteiger partial charge in [-0.05, 0) is 43.5 Å². The van der Waals surface area contributed by atoms with Crippen LogP contribution in [0.3, 0.4) is 0 Å². The molecule has 0 atom stereocenters. The molecule has 2 heteroatoms. The molecule has 0 spiro atoms. The van der Waals surface area contributed by atoms with Crippen LogP contribution in [0.4, 0.5) is 0 Å². The largest absolute Gasteiger partial charge is 0.489 e. The van der Waals surface area contributed by atoms with E-state index in [0.29, 0.717) is 13.2 Å². The summed E-state index contributed by atoms with van der Waals surface area (Å²) in [6, 6.07) is 10.2. The van der Waals surface area contributed by atoms with Crippen molar-refractivity contribution in [3.8, 4) is 11.5 Å². The van der Waals surface area contributed by atoms with Crippen molar-refractivity contribution in [2.75, 3.05) is 13.2 Å². The minimum absolute atomic E-state index is 0.523. The maximum absolute atomic E-state index is 5.92. The smallest absolute Gasteiger partial charge is 0.130 e. The quantitative estimate of drug-likeness (QED) is 0.690. The molecule has 0 bridgehead atoms. The minimum Gasteiger partial charge on any atom is -0.489 e. The normalized spacial score (nSPS) is 10.4. The molecular formula is C19H22O2. The molecular weight excluding hydrogens is 260 g/mol. The summed E-state index contributed by atoms with van der Waals surface area (Å²) in [6.45, 7) is 14.8. The monoisotopic (exact) mass is 282 g/mol. The molecule has 2 nitrogen and oxygen atoms in total. The van der Waals surface area contributed by atoms with E-state index in [1.807, 2.05) is 39.0 Å². The minimum atomic E-state index is 0.523. The Balaban J connectivity index is 2.47. The summed E-state index contributed by atoms with van der Waals surface area (Å²) >= 11 is 0. The van der Waals surface area contributed by atoms with Gasteiger partial charge in [0.1, 0.15) is 24.7 Å². The van der Waals surface area contributed by atoms with E-state index in [0.717, 1.165) is 39.0 Å². The first-order valence-corrected chi connectivity index (χ1v) is 7.05. The second-order valence-electron chi connectivity index (χ2n) is 5.56. The van der Waals surface area contributed by atoms with Crippen molar-refractivity contribution in [1.29, 1.82) is 0 Å². The molecule has 21 heavy (non-hydrogen) atoms. The molecule has 0 unspecified atom stereocenters. The molecule has 2 aromatic carbocycles. The molecule has 0 amide bonds. The first kappa shape index (κ1) is 15.2. The number of rotatable bonds is 6. The lowest BCUT2D eigenvalue weighted by atomic mass is 10.0. The summed E-state index contributed by atoms with van der Waals surface area (Å²) in [4.78, 5) is 0. The van der Waals surface area contributed by atoms with E-state index in [-0.39, 0.29) is 0 Å². The molecule has 2 rings (SSSR count). The molecule has 0 aliphatic carbocycles. The Kier molecular flexibility index (Phi) is 4.69. The number of aryl methyl sites for hydroxylation is 1. The van der Waals surface area contributed by atoms with Crippen molar-refractivity contribution in [3.05, 3.63) is 60.2 Å². The zero-order valence-electron chi connectivity index (χ0n) is 13.0. The van der Waals surface area contributed by atoms with Crippen molar-refractivity contribution in [3.63, 3.8) is 0 Å². The predicted molar refractivity (Wildman–Crippen MR) is 89.3 cm³/mol. The summed E-state index contributed by atoms with van der Waals surface area (Å²) in [5, 5.41) is 2.12. The standard InChI is InChI=1S/C19H22O2/c1-13(2)11-20-18-10-15(5)19(21-12-14(3)4)17-9-7-6-8-16(17)18/h6-10H,1,3,11-12H2,2,4-5H3. The lowest BCUT2D eigenvalue weighted by molar-refractivity contribution is 0.347. The maximum atomic E-state index is 5.92. The highest BCUT2D eigenvalue weighted by Gasteiger charge is 2.11. The van der Waals surface area contributed by atoms with Crippen LogP contribution in [0.15, 0.2) is 54.6 Å². The molecule has 0 aromatic heterocycles. The molecule has 0 aliphatic rings. The van der Waals surface area contributed by atoms with Crippen LogP contribution in [0.5, 0.6) is 11.5 Å². The van der Waals surface area contributed by atoms with Crippen LogP contribution in [0.25, 0.3) is 10.8 Å². The predicted octanol–water partition coefficient (Wildman–Crippen LogP) is 5.06. The van der Waals surface area contributed by atoms with Crippen LogP contribution in [0.2, 0.25) is 0 Å². The van der Waals surface area contributed by atoms with Gasteiger partial charge in [-0.2, -0.15) is 0 Å². The van der Waals surface area contributed by atoms with Crippen LogP contribution in [-0.2, 0) is 0 Å². The van der Waals surface area contributed by atoms with Crippen LogP contribution in [-0.4, -0.2) is 13.2 Å². The van der Waals surface area contributed by atoms with E-state index < -0.39 is 0 Å². The number of fused-ring (bicyclic) bond motifs is 1. The van der Waals surface area contributed by atoms with Gasteiger partial charge >= 0.3 is 0 Å². The van der Waals surface area contributed by atoms with Crippen molar-refractivity contribution in [2.45, 2.75) is 20.8 Å². The van der Waals surface area contributed by atoms with Gasteiger partial charge in [-0.1, -0.05) is 37.4 Å². The van der Waals surface area contributed by atoms with E-state index in [4.69, 9.17) is 9.47 Å². The van der Waals surface area contributed by atoms with Gasteiger partial charge in [0, 0.05) is 10.8 Å². The van der Waals surface area contributed by atoms with Crippen molar-refractivity contribution in [2.24, 2.45) is 0 Å². The molecule has 0 aliphatic heterocycles. The van der Waals surface area contributed by atoms with E-state index in [9.17, 15) is 0 Å². The highest BCUT2D eigenvalue weighted by atomic mass is 16.5. The zero-order valence-corrected chi connectivity index (χ0v) is 13.0. The first-order valence-electron chi connectivity index (χ1n) is 7.05. The Morgan fingerprint density at radius 2 is 1.52 bits per heavy atom. The van der Waals surface area contributed by atoms with Crippen LogP contribution >= 0.6 is 0 Å². The second-order valence-corrected chi connectivity index (χ2v) is 5.56. The van der Waals surface area contributed by atoms with Gasteiger partial charge in [-0.15, -0.1) is 0 Å². The molecule has 0 heterocycles. The summed E-state index contributed by atoms with van der Waals surface area (Å²) in [7, 11) is 0. The lowest BCUT2D eigenvalue weighted by Crippen LogP contribution is -2.02. The molecule has 0 saturated heterocycles. The summed E-state index contributed by atoms with van der Waals surface area (Å²) in [6.07, 6.45) is 0. The fourth-order valence-corrected chi connectivity index (χ4v) is 2.16. The molecule has 2 aromatic rings. The number of hydrogen-bond donors (Lipinski definition) is 0. The van der Waals surface area contributed by atoms with Crippen molar-refractivity contribution >= 4 is 10.8 Å². The highest BCUT2D eigenvalue weighted by Crippen LogP contribution is 2.36. The van der Waals surface area contributed by atoms with Gasteiger partial charge in [0.2, 0.25) is 0 Å². The van der Waals surface area contributed by atoms with Gasteiger partial charge in [-0.3, -0.25) is 0 Å². The Bertz CT molecular complexity index is 683. The van der Waals surface area contributed by atoms with Crippen LogP contribution < -0.4 is 9.47 Å². The fraction of sp³-hybridized carbons (Fsp3) is 0.263. The molecule has 0 radical (unpaired) electrons. The highest BCUT2D eigenvalue weighted by molar-refractivity contribution is 5.94. The van der Waals surface area contributed by atoms with Crippen LogP contribution in [0, 0.1) is 6.92 Å². The van der Waals surface area contributed by atoms with E-state index >= 15 is 0 Å². The molecule has 0 N–H and O–H groups in total. The Hall–Kier alpha value is -2.22. The van der Waals surface area contributed by atoms with Crippen LogP contribution in [0.1, 0.15) is 19.4 Å². The van der Waals surface area contributed by atoms with Gasteiger partial charge < -0.3 is 9.47 Å². The molecule has 0 fully saturated rings. The van der Waals surface area contributed by atoms with E-state index in [2.05, 4.69) is 25.3 Å². The average Bonchev–Trinajstić information content (AvgIpc) is 2.43. The van der Waals surface area contributed by atoms with Gasteiger partial charge in [0.25, 0.3) is 0 Å². The number of benzene rings is 2. The Labute approximate surface area is 126 Å². The van der Waals surface area contributed by atoms with Gasteiger partial charge in [-0.25, -0.2) is 0 Å². The Morgan fingerprint density at radius 3 is 2.14 bits per heavy atom. The average molecular weight is 282 g/mol. The first-order chi connectivity index (χ1) is 9.99. The third-order valence-corrected chi connectivity index (χ3v) is 3.08. The van der Waals surface area contributed by atoms with Gasteiger partial charge in [0.15, 0.2) is 0 Å². The summed E-state index contributed by atoms with van der Waals surface area (Å²) in [5.74, 6) is 1.77. The van der Waals surface area contributed by atoms with E-state index in [1.54, 1.807) is 0 Å². The topological polar surface area (TPSA) is 18.5 Å². The third-order valence-electron chi connectivity index (χ3n) is 3.08. The second kappa shape index (κ2) is 6.49. The van der Waals surface area contributed by atoms with E-state index in [1.165, 1.54) is 0 Å². The van der Waals surface area contributed by atoms with Crippen molar-refractivity contribution < 1.29 is 9.47 Å². The van der Waals surface area contributed by atoms with Gasteiger partial charge in [0.05, 0.1) is 0 Å². The Morgan fingerprint density at radius 1 is 0.952 bits per heavy atom. The maximum Gasteiger partial charge on any atom is 0.130 e.